The van der Waals surface area contributed by atoms with Crippen LogP contribution in [-0.4, -0.2) is 53.0 Å². The Kier molecular flexibility index (Phi) is 6.65. The van der Waals surface area contributed by atoms with Crippen molar-refractivity contribution < 1.29 is 29.3 Å². The van der Waals surface area contributed by atoms with Gasteiger partial charge in [-0.15, -0.1) is 0 Å². The van der Waals surface area contributed by atoms with Crippen molar-refractivity contribution in [2.75, 3.05) is 13.2 Å². The summed E-state index contributed by atoms with van der Waals surface area (Å²) in [4.78, 5) is 36.3. The van der Waals surface area contributed by atoms with E-state index in [9.17, 15) is 14.4 Å². The number of ether oxygens (including phenoxy) is 1. The van der Waals surface area contributed by atoms with Gasteiger partial charge in [0, 0.05) is 12.3 Å². The van der Waals surface area contributed by atoms with Crippen LogP contribution >= 0.6 is 0 Å². The highest BCUT2D eigenvalue weighted by molar-refractivity contribution is 5.85. The third-order valence-electron chi connectivity index (χ3n) is 6.59. The average Bonchev–Trinajstić information content (AvgIpc) is 3.38. The molecule has 1 fully saturated rings. The van der Waals surface area contributed by atoms with Gasteiger partial charge in [0.25, 0.3) is 0 Å². The quantitative estimate of drug-likeness (QED) is 0.488. The van der Waals surface area contributed by atoms with Gasteiger partial charge in [-0.1, -0.05) is 61.4 Å². The van der Waals surface area contributed by atoms with Crippen LogP contribution in [0.3, 0.4) is 0 Å². The second-order valence-corrected chi connectivity index (χ2v) is 8.76. The summed E-state index contributed by atoms with van der Waals surface area (Å²) in [7, 11) is 0. The monoisotopic (exact) mass is 452 g/mol. The van der Waals surface area contributed by atoms with Gasteiger partial charge in [-0.05, 0) is 35.1 Å². The number of carbonyl (C=O) groups is 3. The molecule has 2 amide bonds. The molecular formula is C25H28N2O6. The minimum Gasteiger partial charge on any atom is -0.480 e. The van der Waals surface area contributed by atoms with Crippen LogP contribution in [0, 0.1) is 0 Å². The molecule has 8 heteroatoms. The van der Waals surface area contributed by atoms with Gasteiger partial charge < -0.3 is 25.6 Å². The van der Waals surface area contributed by atoms with E-state index in [1.54, 1.807) is 0 Å². The molecular weight excluding hydrogens is 424 g/mol. The minimum absolute atomic E-state index is 0.0631. The van der Waals surface area contributed by atoms with Gasteiger partial charge in [0.1, 0.15) is 12.6 Å². The fourth-order valence-corrected chi connectivity index (χ4v) is 4.99. The standard InChI is InChI=1S/C25H28N2O6/c28-14-21(23(30)31)26-22(29)13-25(11-5-6-12-25)27-24(32)33-15-20-18-9-3-1-7-16(18)17-8-2-4-10-19(17)20/h1-4,7-10,20-21,28H,5-6,11-15H2,(H,26,29)(H,27,32)(H,30,31)/t21-/m1/s1. The number of carbonyl (C=O) groups excluding carboxylic acids is 2. The van der Waals surface area contributed by atoms with E-state index in [2.05, 4.69) is 22.8 Å². The van der Waals surface area contributed by atoms with Crippen LogP contribution in [0.2, 0.25) is 0 Å². The Balaban J connectivity index is 1.40. The van der Waals surface area contributed by atoms with Gasteiger partial charge in [0.15, 0.2) is 0 Å². The maximum atomic E-state index is 12.8. The first-order chi connectivity index (χ1) is 15.9. The molecule has 33 heavy (non-hydrogen) atoms. The van der Waals surface area contributed by atoms with E-state index < -0.39 is 36.2 Å². The zero-order valence-corrected chi connectivity index (χ0v) is 18.3. The molecule has 0 bridgehead atoms. The van der Waals surface area contributed by atoms with Crippen LogP contribution in [0.1, 0.15) is 49.1 Å². The Morgan fingerprint density at radius 1 is 1.00 bits per heavy atom. The number of aliphatic carboxylic acids is 1. The number of fused-ring (bicyclic) bond motifs is 3. The highest BCUT2D eigenvalue weighted by Gasteiger charge is 2.39. The van der Waals surface area contributed by atoms with Crippen molar-refractivity contribution in [2.24, 2.45) is 0 Å². The molecule has 0 radical (unpaired) electrons. The van der Waals surface area contributed by atoms with Crippen LogP contribution in [0.25, 0.3) is 11.1 Å². The lowest BCUT2D eigenvalue weighted by molar-refractivity contribution is -0.143. The number of hydrogen-bond acceptors (Lipinski definition) is 5. The van der Waals surface area contributed by atoms with Crippen LogP contribution < -0.4 is 10.6 Å². The molecule has 1 saturated carbocycles. The lowest BCUT2D eigenvalue weighted by Crippen LogP contribution is -2.52. The zero-order chi connectivity index (χ0) is 23.4. The first-order valence-electron chi connectivity index (χ1n) is 11.2. The maximum absolute atomic E-state index is 12.8. The third kappa shape index (κ3) is 4.85. The minimum atomic E-state index is -1.37. The van der Waals surface area contributed by atoms with E-state index in [1.807, 2.05) is 36.4 Å². The van der Waals surface area contributed by atoms with Crippen molar-refractivity contribution in [3.05, 3.63) is 59.7 Å². The van der Waals surface area contributed by atoms with Gasteiger partial charge in [0.2, 0.25) is 5.91 Å². The lowest BCUT2D eigenvalue weighted by atomic mass is 9.92. The zero-order valence-electron chi connectivity index (χ0n) is 18.3. The average molecular weight is 453 g/mol. The molecule has 0 saturated heterocycles. The summed E-state index contributed by atoms with van der Waals surface area (Å²) in [5.41, 5.74) is 3.73. The number of nitrogens with one attached hydrogen (secondary N) is 2. The van der Waals surface area contributed by atoms with Crippen LogP contribution in [0.4, 0.5) is 4.79 Å². The Hall–Kier alpha value is -3.39. The molecule has 174 valence electrons. The fraction of sp³-hybridized carbons (Fsp3) is 0.400. The highest BCUT2D eigenvalue weighted by atomic mass is 16.5. The number of hydrogen-bond donors (Lipinski definition) is 4. The molecule has 0 aliphatic heterocycles. The van der Waals surface area contributed by atoms with Crippen LogP contribution in [-0.2, 0) is 14.3 Å². The van der Waals surface area contributed by atoms with Gasteiger partial charge in [-0.25, -0.2) is 9.59 Å². The Bertz CT molecular complexity index is 1000. The molecule has 0 aromatic heterocycles. The molecule has 1 atom stereocenters. The lowest BCUT2D eigenvalue weighted by Gasteiger charge is -2.30. The Labute approximate surface area is 192 Å². The number of aliphatic hydroxyl groups is 1. The van der Waals surface area contributed by atoms with Crippen molar-refractivity contribution in [3.8, 4) is 11.1 Å². The molecule has 8 nitrogen and oxygen atoms in total. The van der Waals surface area contributed by atoms with Crippen LogP contribution in [0.5, 0.6) is 0 Å². The van der Waals surface area contributed by atoms with E-state index >= 15 is 0 Å². The Morgan fingerprint density at radius 3 is 2.12 bits per heavy atom. The van der Waals surface area contributed by atoms with Crippen molar-refractivity contribution in [1.29, 1.82) is 0 Å². The summed E-state index contributed by atoms with van der Waals surface area (Å²) >= 11 is 0. The summed E-state index contributed by atoms with van der Waals surface area (Å²) in [5.74, 6) is -1.90. The van der Waals surface area contributed by atoms with Crippen molar-refractivity contribution in [3.63, 3.8) is 0 Å². The Morgan fingerprint density at radius 2 is 1.58 bits per heavy atom. The van der Waals surface area contributed by atoms with Crippen molar-refractivity contribution in [1.82, 2.24) is 10.6 Å². The normalized spacial score (nSPS) is 17.0. The smallest absolute Gasteiger partial charge is 0.407 e. The van der Waals surface area contributed by atoms with E-state index in [0.717, 1.165) is 35.1 Å². The maximum Gasteiger partial charge on any atom is 0.407 e. The SMILES string of the molecule is O=C(CC1(NC(=O)OCC2c3ccccc3-c3ccccc32)CCCC1)N[C@H](CO)C(=O)O. The molecule has 0 heterocycles. The molecule has 4 N–H and O–H groups in total. The molecule has 2 aliphatic rings. The number of amides is 2. The van der Waals surface area contributed by atoms with E-state index in [1.165, 1.54) is 0 Å². The molecule has 2 aromatic rings. The van der Waals surface area contributed by atoms with Gasteiger partial charge in [-0.3, -0.25) is 4.79 Å². The summed E-state index contributed by atoms with van der Waals surface area (Å²) in [5, 5.41) is 23.4. The molecule has 0 spiro atoms. The number of carboxylic acids is 1. The highest BCUT2D eigenvalue weighted by Crippen LogP contribution is 2.44. The largest absolute Gasteiger partial charge is 0.480 e. The van der Waals surface area contributed by atoms with Gasteiger partial charge >= 0.3 is 12.1 Å². The first kappa shape index (κ1) is 22.8. The second kappa shape index (κ2) is 9.62. The fourth-order valence-electron chi connectivity index (χ4n) is 4.99. The first-order valence-corrected chi connectivity index (χ1v) is 11.2. The van der Waals surface area contributed by atoms with Crippen LogP contribution in [0.15, 0.2) is 48.5 Å². The summed E-state index contributed by atoms with van der Waals surface area (Å²) in [6.45, 7) is -0.526. The second-order valence-electron chi connectivity index (χ2n) is 8.76. The molecule has 4 rings (SSSR count). The number of rotatable bonds is 8. The van der Waals surface area contributed by atoms with Gasteiger partial charge in [0.05, 0.1) is 12.1 Å². The molecule has 0 unspecified atom stereocenters. The van der Waals surface area contributed by atoms with Gasteiger partial charge in [-0.2, -0.15) is 0 Å². The predicted octanol–water partition coefficient (Wildman–Crippen LogP) is 2.79. The van der Waals surface area contributed by atoms with E-state index in [-0.39, 0.29) is 18.9 Å². The molecule has 2 aliphatic carbocycles. The summed E-state index contributed by atoms with van der Waals surface area (Å²) < 4.78 is 5.63. The number of alkyl carbamates (subject to hydrolysis) is 1. The van der Waals surface area contributed by atoms with E-state index in [0.29, 0.717) is 12.8 Å². The predicted molar refractivity (Wildman–Crippen MR) is 121 cm³/mol. The molecule has 2 aromatic carbocycles. The topological polar surface area (TPSA) is 125 Å². The summed E-state index contributed by atoms with van der Waals surface area (Å²) in [6, 6.07) is 14.8. The number of benzene rings is 2. The number of aliphatic hydroxyl groups excluding tert-OH is 1. The third-order valence-corrected chi connectivity index (χ3v) is 6.59. The number of carboxylic acid groups (broad SMARTS) is 1. The van der Waals surface area contributed by atoms with Crippen molar-refractivity contribution in [2.45, 2.75) is 49.6 Å². The van der Waals surface area contributed by atoms with E-state index in [4.69, 9.17) is 14.9 Å². The van der Waals surface area contributed by atoms with Crippen molar-refractivity contribution >= 4 is 18.0 Å². The summed E-state index contributed by atoms with van der Waals surface area (Å²) in [6.07, 6.45) is 2.23.